The highest BCUT2D eigenvalue weighted by molar-refractivity contribution is 7.92. The van der Waals surface area contributed by atoms with Crippen molar-refractivity contribution in [3.8, 4) is 17.0 Å². The van der Waals surface area contributed by atoms with Gasteiger partial charge >= 0.3 is 0 Å². The zero-order chi connectivity index (χ0) is 31.0. The lowest BCUT2D eigenvalue weighted by Gasteiger charge is -2.34. The van der Waals surface area contributed by atoms with Crippen LogP contribution in [0.4, 0.5) is 24.8 Å². The Morgan fingerprint density at radius 3 is 2.55 bits per heavy atom. The summed E-state index contributed by atoms with van der Waals surface area (Å²) in [5.41, 5.74) is -0.137. The fourth-order valence-corrected chi connectivity index (χ4v) is 7.38. The summed E-state index contributed by atoms with van der Waals surface area (Å²) in [6.07, 6.45) is 6.51. The number of ether oxygens (including phenoxy) is 1. The zero-order valence-corrected chi connectivity index (χ0v) is 25.3. The van der Waals surface area contributed by atoms with E-state index in [0.29, 0.717) is 35.9 Å². The lowest BCUT2D eigenvalue weighted by atomic mass is 9.90. The maximum atomic E-state index is 15.7. The van der Waals surface area contributed by atoms with Crippen molar-refractivity contribution in [1.82, 2.24) is 19.9 Å². The molecule has 9 nitrogen and oxygen atoms in total. The smallest absolute Gasteiger partial charge is 0.267 e. The van der Waals surface area contributed by atoms with Gasteiger partial charge in [0, 0.05) is 43.0 Å². The Hall–Kier alpha value is -3.68. The number of sulfonamides is 1. The molecule has 2 aromatic heterocycles. The van der Waals surface area contributed by atoms with E-state index in [4.69, 9.17) is 16.3 Å². The predicted octanol–water partition coefficient (Wildman–Crippen LogP) is 6.20. The molecule has 0 amide bonds. The van der Waals surface area contributed by atoms with E-state index in [-0.39, 0.29) is 22.5 Å². The molecular formula is C30H30ClF3N6O3S. The van der Waals surface area contributed by atoms with Gasteiger partial charge in [0.1, 0.15) is 12.0 Å². The summed E-state index contributed by atoms with van der Waals surface area (Å²) in [5, 5.41) is 3.97. The second-order valence-electron chi connectivity index (χ2n) is 11.0. The van der Waals surface area contributed by atoms with Gasteiger partial charge in [-0.25, -0.2) is 36.5 Å². The normalized spacial score (nSPS) is 21.0. The lowest BCUT2D eigenvalue weighted by molar-refractivity contribution is 0.173. The van der Waals surface area contributed by atoms with E-state index in [0.717, 1.165) is 50.4 Å². The van der Waals surface area contributed by atoms with E-state index in [9.17, 15) is 17.2 Å². The quantitative estimate of drug-likeness (QED) is 0.233. The van der Waals surface area contributed by atoms with Crippen molar-refractivity contribution >= 4 is 44.2 Å². The van der Waals surface area contributed by atoms with Crippen LogP contribution in [0.1, 0.15) is 32.1 Å². The molecule has 14 heteroatoms. The number of halogens is 4. The van der Waals surface area contributed by atoms with Gasteiger partial charge in [-0.1, -0.05) is 17.7 Å². The summed E-state index contributed by atoms with van der Waals surface area (Å²) in [7, 11) is -3.17. The highest BCUT2D eigenvalue weighted by Crippen LogP contribution is 2.35. The monoisotopic (exact) mass is 646 g/mol. The van der Waals surface area contributed by atoms with Gasteiger partial charge in [0.25, 0.3) is 10.0 Å². The number of aromatic nitrogens is 3. The summed E-state index contributed by atoms with van der Waals surface area (Å²) in [5.74, 6) is -1.76. The van der Waals surface area contributed by atoms with Crippen molar-refractivity contribution < 1.29 is 26.3 Å². The van der Waals surface area contributed by atoms with Gasteiger partial charge in [-0.05, 0) is 68.0 Å². The Balaban J connectivity index is 1.19. The number of rotatable bonds is 8. The van der Waals surface area contributed by atoms with Gasteiger partial charge in [0.2, 0.25) is 11.8 Å². The Bertz CT molecular complexity index is 1810. The molecule has 1 aliphatic carbocycles. The predicted molar refractivity (Wildman–Crippen MR) is 162 cm³/mol. The topological polar surface area (TPSA) is 109 Å². The zero-order valence-electron chi connectivity index (χ0n) is 23.7. The largest absolute Gasteiger partial charge is 0.480 e. The van der Waals surface area contributed by atoms with Gasteiger partial charge < -0.3 is 10.1 Å². The average Bonchev–Trinajstić information content (AvgIpc) is 3.45. The summed E-state index contributed by atoms with van der Waals surface area (Å²) in [6.45, 7) is 1.35. The molecule has 1 aliphatic heterocycles. The lowest BCUT2D eigenvalue weighted by Crippen LogP contribution is -2.39. The van der Waals surface area contributed by atoms with Crippen LogP contribution in [0.5, 0.6) is 5.88 Å². The highest BCUT2D eigenvalue weighted by atomic mass is 35.5. The molecule has 44 heavy (non-hydrogen) atoms. The van der Waals surface area contributed by atoms with Gasteiger partial charge in [0.15, 0.2) is 10.7 Å². The van der Waals surface area contributed by atoms with E-state index in [1.807, 2.05) is 0 Å². The van der Waals surface area contributed by atoms with E-state index >= 15 is 4.39 Å². The molecule has 4 aromatic rings. The molecule has 2 fully saturated rings. The molecule has 1 saturated heterocycles. The van der Waals surface area contributed by atoms with E-state index < -0.39 is 44.0 Å². The Kier molecular flexibility index (Phi) is 8.53. The van der Waals surface area contributed by atoms with E-state index in [2.05, 4.69) is 29.9 Å². The number of pyridine rings is 1. The van der Waals surface area contributed by atoms with Crippen LogP contribution in [-0.4, -0.2) is 66.7 Å². The molecule has 6 rings (SSSR count). The van der Waals surface area contributed by atoms with Crippen molar-refractivity contribution in [3.63, 3.8) is 0 Å². The summed E-state index contributed by atoms with van der Waals surface area (Å²) in [6, 6.07) is 8.39. The molecule has 2 aromatic carbocycles. The molecule has 3 heterocycles. The van der Waals surface area contributed by atoms with Crippen molar-refractivity contribution in [3.05, 3.63) is 65.4 Å². The molecular weight excluding hydrogens is 617 g/mol. The second kappa shape index (κ2) is 12.4. The average molecular weight is 647 g/mol. The van der Waals surface area contributed by atoms with E-state index in [1.54, 1.807) is 18.3 Å². The number of methoxy groups -OCH3 is 1. The molecule has 0 radical (unpaired) electrons. The van der Waals surface area contributed by atoms with Crippen molar-refractivity contribution in [2.75, 3.05) is 30.2 Å². The minimum absolute atomic E-state index is 0.0329. The number of nitrogens with zero attached hydrogens (tertiary/aromatic N) is 4. The number of likely N-dealkylation sites (tertiary alicyclic amines) is 1. The number of nitrogens with one attached hydrogen (secondary N) is 2. The van der Waals surface area contributed by atoms with Crippen molar-refractivity contribution in [2.24, 2.45) is 0 Å². The molecule has 1 saturated carbocycles. The molecule has 2 aliphatic rings. The molecule has 2 N–H and O–H groups in total. The maximum absolute atomic E-state index is 15.7. The van der Waals surface area contributed by atoms with Crippen LogP contribution in [0, 0.1) is 11.6 Å². The minimum Gasteiger partial charge on any atom is -0.480 e. The number of benzene rings is 2. The SMILES string of the molecule is COc1ncc(Cl)cc1S(=O)(=O)Nc1ccc(F)c(-c2ccc3nc(NC4CCC(N5CCC(F)C5)CC4)ncc3c2)c1F. The van der Waals surface area contributed by atoms with Crippen LogP contribution in [-0.2, 0) is 10.0 Å². The highest BCUT2D eigenvalue weighted by Gasteiger charge is 2.31. The first kappa shape index (κ1) is 30.4. The third-order valence-corrected chi connectivity index (χ3v) is 9.75. The van der Waals surface area contributed by atoms with Gasteiger partial charge in [-0.2, -0.15) is 0 Å². The standard InChI is InChI=1S/C30H30ClF3N6O3S/c1-43-29-26(13-19(31)15-35-29)44(41,42)39-25-9-7-23(33)27(28(25)34)17-2-8-24-18(12-17)14-36-30(38-24)37-21-3-5-22(6-4-21)40-11-10-20(32)16-40/h2,7-9,12-15,20-22,39H,3-6,10-11,16H2,1H3,(H,36,37,38). The number of hydrogen-bond donors (Lipinski definition) is 2. The molecule has 0 spiro atoms. The Labute approximate surface area is 257 Å². The number of anilines is 2. The molecule has 232 valence electrons. The number of alkyl halides is 1. The molecule has 1 unspecified atom stereocenters. The first-order valence-electron chi connectivity index (χ1n) is 14.2. The van der Waals surface area contributed by atoms with Crippen LogP contribution in [0.25, 0.3) is 22.0 Å². The van der Waals surface area contributed by atoms with E-state index in [1.165, 1.54) is 19.4 Å². The van der Waals surface area contributed by atoms with Gasteiger partial charge in [-0.15, -0.1) is 0 Å². The third kappa shape index (κ3) is 6.26. The molecule has 1 atom stereocenters. The summed E-state index contributed by atoms with van der Waals surface area (Å²) in [4.78, 5) is 14.7. The fourth-order valence-electron chi connectivity index (χ4n) is 5.95. The van der Waals surface area contributed by atoms with Crippen LogP contribution < -0.4 is 14.8 Å². The van der Waals surface area contributed by atoms with Crippen LogP contribution in [0.15, 0.2) is 53.7 Å². The first-order valence-corrected chi connectivity index (χ1v) is 16.1. The van der Waals surface area contributed by atoms with Crippen molar-refractivity contribution in [2.45, 2.75) is 55.3 Å². The molecule has 0 bridgehead atoms. The number of fused-ring (bicyclic) bond motifs is 1. The maximum Gasteiger partial charge on any atom is 0.267 e. The first-order chi connectivity index (χ1) is 21.1. The second-order valence-corrected chi connectivity index (χ2v) is 13.1. The summed E-state index contributed by atoms with van der Waals surface area (Å²) < 4.78 is 77.6. The van der Waals surface area contributed by atoms with Crippen LogP contribution in [0.2, 0.25) is 5.02 Å². The van der Waals surface area contributed by atoms with Crippen molar-refractivity contribution in [1.29, 1.82) is 0 Å². The number of hydrogen-bond acceptors (Lipinski definition) is 8. The Morgan fingerprint density at radius 2 is 1.82 bits per heavy atom. The van der Waals surface area contributed by atoms with Gasteiger partial charge in [-0.3, -0.25) is 9.62 Å². The summed E-state index contributed by atoms with van der Waals surface area (Å²) >= 11 is 5.92. The van der Waals surface area contributed by atoms with Gasteiger partial charge in [0.05, 0.1) is 28.9 Å². The van der Waals surface area contributed by atoms with Crippen LogP contribution in [0.3, 0.4) is 0 Å². The fraction of sp³-hybridized carbons (Fsp3) is 0.367. The van der Waals surface area contributed by atoms with Crippen LogP contribution >= 0.6 is 11.6 Å². The Morgan fingerprint density at radius 1 is 1.02 bits per heavy atom. The minimum atomic E-state index is -4.40. The third-order valence-electron chi connectivity index (χ3n) is 8.18.